The van der Waals surface area contributed by atoms with Crippen LogP contribution >= 0.6 is 0 Å². The molecular weight excluding hydrogens is 394 g/mol. The van der Waals surface area contributed by atoms with Crippen LogP contribution in [0.25, 0.3) is 21.9 Å². The van der Waals surface area contributed by atoms with Crippen molar-refractivity contribution in [1.82, 2.24) is 25.1 Å². The van der Waals surface area contributed by atoms with E-state index in [9.17, 15) is 9.59 Å². The molecule has 4 rings (SSSR count). The first-order valence-electron chi connectivity index (χ1n) is 9.57. The zero-order valence-electron chi connectivity index (χ0n) is 17.1. The zero-order chi connectivity index (χ0) is 22.0. The highest BCUT2D eigenvalue weighted by atomic mass is 16.2. The smallest absolute Gasteiger partial charge is 0.314 e. The number of aryl methyl sites for hydroxylation is 2. The zero-order valence-corrected chi connectivity index (χ0v) is 17.1. The molecule has 4 N–H and O–H groups in total. The normalized spacial score (nSPS) is 10.8. The summed E-state index contributed by atoms with van der Waals surface area (Å²) in [5.41, 5.74) is 10.5. The highest BCUT2D eigenvalue weighted by molar-refractivity contribution is 6.39. The van der Waals surface area contributed by atoms with Gasteiger partial charge in [-0.25, -0.2) is 4.98 Å². The molecule has 9 nitrogen and oxygen atoms in total. The quantitative estimate of drug-likeness (QED) is 0.346. The lowest BCUT2D eigenvalue weighted by molar-refractivity contribution is -0.136. The van der Waals surface area contributed by atoms with E-state index in [1.54, 1.807) is 48.8 Å². The number of nitrogens with zero attached hydrogens (tertiary/aromatic N) is 4. The van der Waals surface area contributed by atoms with Crippen molar-refractivity contribution in [3.8, 4) is 11.1 Å². The highest BCUT2D eigenvalue weighted by Crippen LogP contribution is 2.31. The lowest BCUT2D eigenvalue weighted by Gasteiger charge is -2.11. The number of nitrogens with two attached hydrogens (primary N) is 1. The Balaban J connectivity index is 1.53. The molecule has 1 aromatic carbocycles. The van der Waals surface area contributed by atoms with E-state index in [1.165, 1.54) is 0 Å². The fourth-order valence-corrected chi connectivity index (χ4v) is 3.27. The summed E-state index contributed by atoms with van der Waals surface area (Å²) in [5, 5.41) is 10.6. The van der Waals surface area contributed by atoms with Crippen molar-refractivity contribution in [2.45, 2.75) is 13.5 Å². The van der Waals surface area contributed by atoms with Gasteiger partial charge in [-0.05, 0) is 47.7 Å². The van der Waals surface area contributed by atoms with Crippen LogP contribution < -0.4 is 16.4 Å². The van der Waals surface area contributed by atoms with Crippen molar-refractivity contribution >= 4 is 34.1 Å². The molecule has 0 saturated carbocycles. The number of aromatic nitrogens is 4. The lowest BCUT2D eigenvalue weighted by atomic mass is 9.99. The summed E-state index contributed by atoms with van der Waals surface area (Å²) in [7, 11) is 1.78. The molecule has 3 aromatic heterocycles. The fourth-order valence-electron chi connectivity index (χ4n) is 3.27. The molecule has 0 spiro atoms. The summed E-state index contributed by atoms with van der Waals surface area (Å²) < 4.78 is 1.62. The molecule has 4 aromatic rings. The third-order valence-electron chi connectivity index (χ3n) is 4.88. The maximum atomic E-state index is 12.3. The molecule has 3 heterocycles. The average molecular weight is 415 g/mol. The SMILES string of the molecule is Cc1ccncc1-c1cc(N)c2cnc(NC(=O)C(=O)NCc3cnn(C)c3)cc2c1. The van der Waals surface area contributed by atoms with E-state index < -0.39 is 11.8 Å². The molecule has 0 aliphatic carbocycles. The number of nitrogens with one attached hydrogen (secondary N) is 2. The van der Waals surface area contributed by atoms with Crippen LogP contribution in [0, 0.1) is 6.92 Å². The monoisotopic (exact) mass is 415 g/mol. The third kappa shape index (κ3) is 4.35. The topological polar surface area (TPSA) is 128 Å². The Morgan fingerprint density at radius 3 is 2.71 bits per heavy atom. The summed E-state index contributed by atoms with van der Waals surface area (Å²) in [4.78, 5) is 32.8. The van der Waals surface area contributed by atoms with Crippen LogP contribution in [0.3, 0.4) is 0 Å². The summed E-state index contributed by atoms with van der Waals surface area (Å²) in [6, 6.07) is 7.44. The van der Waals surface area contributed by atoms with Crippen molar-refractivity contribution in [2.24, 2.45) is 7.05 Å². The Kier molecular flexibility index (Phi) is 5.31. The van der Waals surface area contributed by atoms with Crippen LogP contribution in [0.1, 0.15) is 11.1 Å². The van der Waals surface area contributed by atoms with Gasteiger partial charge in [0.2, 0.25) is 0 Å². The molecule has 0 fully saturated rings. The standard InChI is InChI=1S/C22H21N7O2/c1-13-3-4-24-10-17(13)15-5-16-7-20(25-11-18(16)19(23)6-15)28-22(31)21(30)26-8-14-9-27-29(2)12-14/h3-7,9-12H,8,23H2,1-2H3,(H,26,30)(H,25,28,31). The maximum Gasteiger partial charge on any atom is 0.314 e. The Morgan fingerprint density at radius 1 is 1.13 bits per heavy atom. The van der Waals surface area contributed by atoms with Gasteiger partial charge >= 0.3 is 11.8 Å². The van der Waals surface area contributed by atoms with Gasteiger partial charge in [-0.15, -0.1) is 0 Å². The average Bonchev–Trinajstić information content (AvgIpc) is 3.17. The first-order valence-corrected chi connectivity index (χ1v) is 9.57. The van der Waals surface area contributed by atoms with Crippen molar-refractivity contribution < 1.29 is 9.59 Å². The van der Waals surface area contributed by atoms with Gasteiger partial charge in [0.25, 0.3) is 0 Å². The van der Waals surface area contributed by atoms with E-state index in [4.69, 9.17) is 5.73 Å². The number of anilines is 2. The van der Waals surface area contributed by atoms with Gasteiger partial charge in [0.1, 0.15) is 5.82 Å². The van der Waals surface area contributed by atoms with E-state index >= 15 is 0 Å². The van der Waals surface area contributed by atoms with Crippen LogP contribution in [0.2, 0.25) is 0 Å². The van der Waals surface area contributed by atoms with Crippen LogP contribution in [0.5, 0.6) is 0 Å². The number of rotatable bonds is 4. The molecule has 9 heteroatoms. The lowest BCUT2D eigenvalue weighted by Crippen LogP contribution is -2.35. The van der Waals surface area contributed by atoms with Crippen molar-refractivity contribution in [2.75, 3.05) is 11.1 Å². The van der Waals surface area contributed by atoms with Gasteiger partial charge in [0, 0.05) is 60.6 Å². The summed E-state index contributed by atoms with van der Waals surface area (Å²) in [6.45, 7) is 2.20. The Hall–Kier alpha value is -4.27. The number of fused-ring (bicyclic) bond motifs is 1. The van der Waals surface area contributed by atoms with Crippen LogP contribution in [-0.2, 0) is 23.2 Å². The predicted molar refractivity (Wildman–Crippen MR) is 118 cm³/mol. The molecule has 31 heavy (non-hydrogen) atoms. The molecule has 2 amide bonds. The Bertz CT molecular complexity index is 1300. The number of amides is 2. The van der Waals surface area contributed by atoms with Crippen LogP contribution in [0.15, 0.2) is 55.2 Å². The largest absolute Gasteiger partial charge is 0.398 e. The first kappa shape index (κ1) is 20.0. The molecule has 0 aliphatic rings. The number of nitrogen functional groups attached to an aromatic ring is 1. The molecule has 0 atom stereocenters. The van der Waals surface area contributed by atoms with E-state index in [2.05, 4.69) is 25.7 Å². The minimum atomic E-state index is -0.803. The molecule has 0 bridgehead atoms. The van der Waals surface area contributed by atoms with E-state index in [-0.39, 0.29) is 12.4 Å². The van der Waals surface area contributed by atoms with Crippen LogP contribution in [-0.4, -0.2) is 31.6 Å². The number of carbonyl (C=O) groups excluding carboxylic acids is 2. The fraction of sp³-hybridized carbons (Fsp3) is 0.136. The molecular formula is C22H21N7O2. The first-order chi connectivity index (χ1) is 14.9. The summed E-state index contributed by atoms with van der Waals surface area (Å²) in [6.07, 6.45) is 8.48. The summed E-state index contributed by atoms with van der Waals surface area (Å²) >= 11 is 0. The van der Waals surface area contributed by atoms with Crippen molar-refractivity contribution in [3.63, 3.8) is 0 Å². The molecule has 0 unspecified atom stereocenters. The number of benzene rings is 1. The van der Waals surface area contributed by atoms with Gasteiger partial charge in [0.05, 0.1) is 6.20 Å². The number of hydrogen-bond donors (Lipinski definition) is 3. The summed E-state index contributed by atoms with van der Waals surface area (Å²) in [5.74, 6) is -1.30. The minimum absolute atomic E-state index is 0.204. The minimum Gasteiger partial charge on any atom is -0.398 e. The maximum absolute atomic E-state index is 12.3. The molecule has 0 radical (unpaired) electrons. The second-order valence-electron chi connectivity index (χ2n) is 7.21. The molecule has 0 saturated heterocycles. The van der Waals surface area contributed by atoms with Gasteiger partial charge in [-0.3, -0.25) is 19.3 Å². The molecule has 156 valence electrons. The number of pyridine rings is 2. The third-order valence-corrected chi connectivity index (χ3v) is 4.88. The second kappa shape index (κ2) is 8.23. The van der Waals surface area contributed by atoms with E-state index in [0.29, 0.717) is 5.69 Å². The number of carbonyl (C=O) groups is 2. The van der Waals surface area contributed by atoms with Gasteiger partial charge in [-0.1, -0.05) is 0 Å². The second-order valence-corrected chi connectivity index (χ2v) is 7.21. The van der Waals surface area contributed by atoms with Gasteiger partial charge < -0.3 is 16.4 Å². The number of hydrogen-bond acceptors (Lipinski definition) is 6. The van der Waals surface area contributed by atoms with E-state index in [0.717, 1.165) is 33.0 Å². The Morgan fingerprint density at radius 2 is 1.97 bits per heavy atom. The van der Waals surface area contributed by atoms with Crippen molar-refractivity contribution in [1.29, 1.82) is 0 Å². The van der Waals surface area contributed by atoms with Crippen molar-refractivity contribution in [3.05, 3.63) is 66.4 Å². The van der Waals surface area contributed by atoms with Crippen LogP contribution in [0.4, 0.5) is 11.5 Å². The Labute approximate surface area is 178 Å². The van der Waals surface area contributed by atoms with Gasteiger partial charge in [0.15, 0.2) is 0 Å². The van der Waals surface area contributed by atoms with E-state index in [1.807, 2.05) is 25.1 Å². The van der Waals surface area contributed by atoms with Gasteiger partial charge in [-0.2, -0.15) is 5.10 Å². The predicted octanol–water partition coefficient (Wildman–Crippen LogP) is 2.18. The molecule has 0 aliphatic heterocycles. The highest BCUT2D eigenvalue weighted by Gasteiger charge is 2.15.